The lowest BCUT2D eigenvalue weighted by Gasteiger charge is -2.17. The molecule has 1 fully saturated rings. The van der Waals surface area contributed by atoms with Crippen LogP contribution in [0.3, 0.4) is 0 Å². The predicted octanol–water partition coefficient (Wildman–Crippen LogP) is 3.19. The Morgan fingerprint density at radius 2 is 2.14 bits per heavy atom. The standard InChI is InChI=1S/C17H23N3O2/c1-12(2)10-20-9-8-13(11-20)16-18-19-17(22-16)14-6-4-5-7-15(14)21-3/h4-7,12-13H,8-11H2,1-3H3/t13-/m0/s1. The van der Waals surface area contributed by atoms with Gasteiger partial charge in [-0.25, -0.2) is 0 Å². The molecule has 0 amide bonds. The molecule has 1 aromatic heterocycles. The van der Waals surface area contributed by atoms with Crippen molar-refractivity contribution in [3.05, 3.63) is 30.2 Å². The van der Waals surface area contributed by atoms with E-state index in [4.69, 9.17) is 9.15 Å². The van der Waals surface area contributed by atoms with Crippen molar-refractivity contribution in [3.8, 4) is 17.2 Å². The Morgan fingerprint density at radius 3 is 2.91 bits per heavy atom. The molecule has 2 aromatic rings. The number of ether oxygens (including phenoxy) is 1. The van der Waals surface area contributed by atoms with E-state index in [9.17, 15) is 0 Å². The van der Waals surface area contributed by atoms with Crippen molar-refractivity contribution in [2.75, 3.05) is 26.7 Å². The molecule has 1 aliphatic rings. The molecular weight excluding hydrogens is 278 g/mol. The van der Waals surface area contributed by atoms with Gasteiger partial charge >= 0.3 is 0 Å². The molecule has 1 atom stereocenters. The Balaban J connectivity index is 1.75. The Labute approximate surface area is 131 Å². The molecule has 1 aliphatic heterocycles. The third kappa shape index (κ3) is 3.14. The first-order valence-electron chi connectivity index (χ1n) is 7.86. The first-order chi connectivity index (χ1) is 10.7. The summed E-state index contributed by atoms with van der Waals surface area (Å²) >= 11 is 0. The molecule has 1 aromatic carbocycles. The van der Waals surface area contributed by atoms with Crippen LogP contribution in [0.15, 0.2) is 28.7 Å². The van der Waals surface area contributed by atoms with E-state index in [1.54, 1.807) is 7.11 Å². The van der Waals surface area contributed by atoms with Crippen molar-refractivity contribution >= 4 is 0 Å². The highest BCUT2D eigenvalue weighted by molar-refractivity contribution is 5.62. The number of benzene rings is 1. The van der Waals surface area contributed by atoms with Gasteiger partial charge in [0.05, 0.1) is 18.6 Å². The van der Waals surface area contributed by atoms with Crippen LogP contribution in [-0.2, 0) is 0 Å². The fourth-order valence-corrected chi connectivity index (χ4v) is 3.05. The number of nitrogens with zero attached hydrogens (tertiary/aromatic N) is 3. The molecule has 3 rings (SSSR count). The van der Waals surface area contributed by atoms with E-state index >= 15 is 0 Å². The summed E-state index contributed by atoms with van der Waals surface area (Å²) in [6, 6.07) is 7.72. The maximum Gasteiger partial charge on any atom is 0.251 e. The molecule has 0 aliphatic carbocycles. The van der Waals surface area contributed by atoms with E-state index in [0.717, 1.165) is 43.3 Å². The molecule has 0 radical (unpaired) electrons. The molecule has 1 saturated heterocycles. The van der Waals surface area contributed by atoms with Crippen LogP contribution in [0.5, 0.6) is 5.75 Å². The quantitative estimate of drug-likeness (QED) is 0.849. The summed E-state index contributed by atoms with van der Waals surface area (Å²) in [6.07, 6.45) is 1.08. The summed E-state index contributed by atoms with van der Waals surface area (Å²) in [6.45, 7) is 7.74. The van der Waals surface area contributed by atoms with Gasteiger partial charge in [-0.05, 0) is 31.0 Å². The first kappa shape index (κ1) is 15.0. The lowest BCUT2D eigenvalue weighted by Crippen LogP contribution is -2.24. The van der Waals surface area contributed by atoms with Gasteiger partial charge in [-0.1, -0.05) is 26.0 Å². The lowest BCUT2D eigenvalue weighted by atomic mass is 10.1. The number of rotatable bonds is 5. The van der Waals surface area contributed by atoms with E-state index in [2.05, 4.69) is 28.9 Å². The number of methoxy groups -OCH3 is 1. The van der Waals surface area contributed by atoms with Crippen LogP contribution in [0, 0.1) is 5.92 Å². The van der Waals surface area contributed by atoms with Gasteiger partial charge in [0, 0.05) is 13.1 Å². The smallest absolute Gasteiger partial charge is 0.251 e. The summed E-state index contributed by atoms with van der Waals surface area (Å²) in [5.74, 6) is 3.06. The van der Waals surface area contributed by atoms with Crippen LogP contribution in [0.1, 0.15) is 32.1 Å². The molecular formula is C17H23N3O2. The van der Waals surface area contributed by atoms with Crippen molar-refractivity contribution in [3.63, 3.8) is 0 Å². The predicted molar refractivity (Wildman–Crippen MR) is 84.9 cm³/mol. The van der Waals surface area contributed by atoms with Crippen LogP contribution < -0.4 is 4.74 Å². The van der Waals surface area contributed by atoms with Gasteiger partial charge in [0.1, 0.15) is 5.75 Å². The van der Waals surface area contributed by atoms with Gasteiger partial charge in [-0.3, -0.25) is 0 Å². The number of hydrogen-bond acceptors (Lipinski definition) is 5. The summed E-state index contributed by atoms with van der Waals surface area (Å²) in [7, 11) is 1.65. The van der Waals surface area contributed by atoms with Crippen molar-refractivity contribution in [1.29, 1.82) is 0 Å². The Hall–Kier alpha value is -1.88. The Morgan fingerprint density at radius 1 is 1.32 bits per heavy atom. The average molecular weight is 301 g/mol. The van der Waals surface area contributed by atoms with E-state index in [1.165, 1.54) is 0 Å². The second-order valence-electron chi connectivity index (χ2n) is 6.28. The van der Waals surface area contributed by atoms with E-state index in [1.807, 2.05) is 24.3 Å². The Kier molecular flexibility index (Phi) is 4.43. The molecule has 118 valence electrons. The molecule has 5 heteroatoms. The van der Waals surface area contributed by atoms with Gasteiger partial charge in [-0.2, -0.15) is 0 Å². The SMILES string of the molecule is COc1ccccc1-c1nnc([C@H]2CCN(CC(C)C)C2)o1. The van der Waals surface area contributed by atoms with Crippen LogP contribution in [0.2, 0.25) is 0 Å². The summed E-state index contributed by atoms with van der Waals surface area (Å²) in [4.78, 5) is 2.47. The van der Waals surface area contributed by atoms with Crippen molar-refractivity contribution in [2.24, 2.45) is 5.92 Å². The van der Waals surface area contributed by atoms with Gasteiger partial charge in [-0.15, -0.1) is 10.2 Å². The van der Waals surface area contributed by atoms with E-state index in [0.29, 0.717) is 17.7 Å². The third-order valence-electron chi connectivity index (χ3n) is 4.02. The fourth-order valence-electron chi connectivity index (χ4n) is 3.05. The van der Waals surface area contributed by atoms with Gasteiger partial charge in [0.25, 0.3) is 5.89 Å². The molecule has 22 heavy (non-hydrogen) atoms. The fraction of sp³-hybridized carbons (Fsp3) is 0.529. The zero-order chi connectivity index (χ0) is 15.5. The van der Waals surface area contributed by atoms with Crippen LogP contribution >= 0.6 is 0 Å². The van der Waals surface area contributed by atoms with E-state index < -0.39 is 0 Å². The minimum absolute atomic E-state index is 0.342. The zero-order valence-corrected chi connectivity index (χ0v) is 13.5. The van der Waals surface area contributed by atoms with Gasteiger partial charge < -0.3 is 14.1 Å². The molecule has 2 heterocycles. The van der Waals surface area contributed by atoms with Gasteiger partial charge in [0.15, 0.2) is 0 Å². The Bertz CT molecular complexity index is 624. The first-order valence-corrected chi connectivity index (χ1v) is 7.86. The molecule has 0 N–H and O–H groups in total. The maximum absolute atomic E-state index is 5.92. The summed E-state index contributed by atoms with van der Waals surface area (Å²) < 4.78 is 11.3. The van der Waals surface area contributed by atoms with Crippen molar-refractivity contribution in [2.45, 2.75) is 26.2 Å². The highest BCUT2D eigenvalue weighted by Crippen LogP contribution is 2.32. The number of aromatic nitrogens is 2. The number of likely N-dealkylation sites (tertiary alicyclic amines) is 1. The topological polar surface area (TPSA) is 51.4 Å². The molecule has 5 nitrogen and oxygen atoms in total. The summed E-state index contributed by atoms with van der Waals surface area (Å²) in [5, 5.41) is 8.48. The van der Waals surface area contributed by atoms with Crippen molar-refractivity contribution in [1.82, 2.24) is 15.1 Å². The third-order valence-corrected chi connectivity index (χ3v) is 4.02. The summed E-state index contributed by atoms with van der Waals surface area (Å²) in [5.41, 5.74) is 0.848. The lowest BCUT2D eigenvalue weighted by molar-refractivity contribution is 0.290. The molecule has 0 bridgehead atoms. The van der Waals surface area contributed by atoms with Gasteiger partial charge in [0.2, 0.25) is 5.89 Å². The second-order valence-corrected chi connectivity index (χ2v) is 6.28. The second kappa shape index (κ2) is 6.48. The number of para-hydroxylation sites is 1. The highest BCUT2D eigenvalue weighted by Gasteiger charge is 2.28. The molecule has 0 spiro atoms. The van der Waals surface area contributed by atoms with Crippen molar-refractivity contribution < 1.29 is 9.15 Å². The average Bonchev–Trinajstić information content (AvgIpc) is 3.15. The maximum atomic E-state index is 5.92. The molecule has 0 unspecified atom stereocenters. The molecule has 0 saturated carbocycles. The van der Waals surface area contributed by atoms with E-state index in [-0.39, 0.29) is 0 Å². The minimum atomic E-state index is 0.342. The van der Waals surface area contributed by atoms with Crippen LogP contribution in [0.25, 0.3) is 11.5 Å². The van der Waals surface area contributed by atoms with Crippen LogP contribution in [0.4, 0.5) is 0 Å². The highest BCUT2D eigenvalue weighted by atomic mass is 16.5. The monoisotopic (exact) mass is 301 g/mol. The normalized spacial score (nSPS) is 19.0. The number of hydrogen-bond donors (Lipinski definition) is 0. The minimum Gasteiger partial charge on any atom is -0.496 e. The largest absolute Gasteiger partial charge is 0.496 e. The zero-order valence-electron chi connectivity index (χ0n) is 13.5. The van der Waals surface area contributed by atoms with Crippen LogP contribution in [-0.4, -0.2) is 41.8 Å².